The van der Waals surface area contributed by atoms with Gasteiger partial charge < -0.3 is 18.9 Å². The fraction of sp³-hybridized carbons (Fsp3) is 0.385. The average molecular weight is 482 g/mol. The molecule has 34 heavy (non-hydrogen) atoms. The van der Waals surface area contributed by atoms with Crippen LogP contribution in [0.3, 0.4) is 0 Å². The minimum Gasteiger partial charge on any atom is -0.493 e. The molecule has 1 amide bonds. The zero-order valence-corrected chi connectivity index (χ0v) is 21.0. The maximum atomic E-state index is 13.4. The fourth-order valence-corrected chi connectivity index (χ4v) is 5.34. The molecule has 1 aliphatic heterocycles. The monoisotopic (exact) mass is 481 g/mol. The number of carbonyl (C=O) groups excluding carboxylic acids is 1. The quantitative estimate of drug-likeness (QED) is 0.437. The molecule has 1 fully saturated rings. The lowest BCUT2D eigenvalue weighted by Crippen LogP contribution is -2.48. The molecule has 0 spiro atoms. The Morgan fingerprint density at radius 3 is 2.44 bits per heavy atom. The Bertz CT molecular complexity index is 1120. The molecule has 1 saturated heterocycles. The van der Waals surface area contributed by atoms with Gasteiger partial charge in [0, 0.05) is 48.9 Å². The Morgan fingerprint density at radius 1 is 1.03 bits per heavy atom. The van der Waals surface area contributed by atoms with Crippen LogP contribution < -0.4 is 9.47 Å². The highest BCUT2D eigenvalue weighted by molar-refractivity contribution is 7.98. The molecule has 0 unspecified atom stereocenters. The van der Waals surface area contributed by atoms with Gasteiger partial charge in [0.25, 0.3) is 5.91 Å². The number of nitrogens with zero attached hydrogens (tertiary/aromatic N) is 3. The van der Waals surface area contributed by atoms with Crippen LogP contribution in [-0.2, 0) is 12.3 Å². The summed E-state index contributed by atoms with van der Waals surface area (Å²) >= 11 is 1.65. The van der Waals surface area contributed by atoms with E-state index in [1.165, 1.54) is 5.56 Å². The second-order valence-electron chi connectivity index (χ2n) is 8.35. The predicted molar refractivity (Wildman–Crippen MR) is 133 cm³/mol. The first-order valence-electron chi connectivity index (χ1n) is 11.4. The van der Waals surface area contributed by atoms with E-state index in [0.717, 1.165) is 64.4 Å². The van der Waals surface area contributed by atoms with Gasteiger partial charge in [-0.3, -0.25) is 9.69 Å². The second kappa shape index (κ2) is 11.0. The van der Waals surface area contributed by atoms with Crippen LogP contribution in [0.1, 0.15) is 32.9 Å². The maximum Gasteiger partial charge on any atom is 0.255 e. The summed E-state index contributed by atoms with van der Waals surface area (Å²) in [7, 11) is 3.29. The number of carbonyl (C=O) groups is 1. The summed E-state index contributed by atoms with van der Waals surface area (Å²) in [4.78, 5) is 18.7. The summed E-state index contributed by atoms with van der Waals surface area (Å²) in [5.74, 6) is 3.11. The first-order valence-corrected chi connectivity index (χ1v) is 12.3. The molecule has 0 saturated carbocycles. The Balaban J connectivity index is 1.36. The van der Waals surface area contributed by atoms with Gasteiger partial charge in [0.05, 0.1) is 25.5 Å². The number of aromatic nitrogens is 1. The summed E-state index contributed by atoms with van der Waals surface area (Å²) in [5, 5.41) is 4.03. The molecule has 0 N–H and O–H groups in total. The van der Waals surface area contributed by atoms with Crippen LogP contribution in [0.15, 0.2) is 51.9 Å². The zero-order chi connectivity index (χ0) is 24.1. The third kappa shape index (κ3) is 5.39. The number of hydrogen-bond acceptors (Lipinski definition) is 7. The average Bonchev–Trinajstić information content (AvgIpc) is 3.19. The summed E-state index contributed by atoms with van der Waals surface area (Å²) < 4.78 is 16.0. The van der Waals surface area contributed by atoms with Gasteiger partial charge in [-0.15, -0.1) is 11.8 Å². The number of amides is 1. The number of piperazine rings is 1. The van der Waals surface area contributed by atoms with E-state index in [1.807, 2.05) is 55.1 Å². The summed E-state index contributed by atoms with van der Waals surface area (Å²) in [6.07, 6.45) is 0. The smallest absolute Gasteiger partial charge is 0.255 e. The van der Waals surface area contributed by atoms with Crippen molar-refractivity contribution in [1.29, 1.82) is 0 Å². The molecule has 7 nitrogen and oxygen atoms in total. The first-order chi connectivity index (χ1) is 16.5. The number of aryl methyl sites for hydroxylation is 2. The van der Waals surface area contributed by atoms with Crippen LogP contribution in [0.4, 0.5) is 0 Å². The topological polar surface area (TPSA) is 68.0 Å². The standard InChI is InChI=1S/C26H31N3O4S/c1-18-22(19(2)33-27-18)17-34-25-8-6-5-7-21(25)26(30)29-13-11-28(12-14-29)16-20-9-10-23(31-3)24(15-20)32-4/h5-10,15H,11-14,16-17H2,1-4H3. The zero-order valence-electron chi connectivity index (χ0n) is 20.2. The highest BCUT2D eigenvalue weighted by Gasteiger charge is 2.24. The van der Waals surface area contributed by atoms with Gasteiger partial charge in [0.1, 0.15) is 5.76 Å². The van der Waals surface area contributed by atoms with Crippen LogP contribution in [0.2, 0.25) is 0 Å². The molecule has 2 heterocycles. The van der Waals surface area contributed by atoms with Gasteiger partial charge >= 0.3 is 0 Å². The Kier molecular flexibility index (Phi) is 7.80. The van der Waals surface area contributed by atoms with Crippen molar-refractivity contribution in [2.75, 3.05) is 40.4 Å². The molecule has 8 heteroatoms. The van der Waals surface area contributed by atoms with Crippen LogP contribution in [0, 0.1) is 13.8 Å². The molecule has 4 rings (SSSR count). The minimum atomic E-state index is 0.0904. The van der Waals surface area contributed by atoms with Crippen molar-refractivity contribution in [3.8, 4) is 11.5 Å². The van der Waals surface area contributed by atoms with E-state index in [1.54, 1.807) is 26.0 Å². The van der Waals surface area contributed by atoms with Crippen molar-refractivity contribution in [2.45, 2.75) is 31.0 Å². The van der Waals surface area contributed by atoms with Gasteiger partial charge in [-0.25, -0.2) is 0 Å². The van der Waals surface area contributed by atoms with E-state index in [-0.39, 0.29) is 5.91 Å². The lowest BCUT2D eigenvalue weighted by molar-refractivity contribution is 0.0625. The van der Waals surface area contributed by atoms with Crippen LogP contribution >= 0.6 is 11.8 Å². The lowest BCUT2D eigenvalue weighted by atomic mass is 10.1. The number of ether oxygens (including phenoxy) is 2. The third-order valence-electron chi connectivity index (χ3n) is 6.18. The Labute approximate surface area is 205 Å². The van der Waals surface area contributed by atoms with Crippen LogP contribution in [-0.4, -0.2) is 61.3 Å². The predicted octanol–water partition coefficient (Wildman–Crippen LogP) is 4.56. The molecule has 1 aliphatic rings. The van der Waals surface area contributed by atoms with Gasteiger partial charge in [-0.1, -0.05) is 23.4 Å². The van der Waals surface area contributed by atoms with Crippen LogP contribution in [0.25, 0.3) is 0 Å². The van der Waals surface area contributed by atoms with Crippen molar-refractivity contribution in [1.82, 2.24) is 15.0 Å². The van der Waals surface area contributed by atoms with Gasteiger partial charge in [-0.05, 0) is 43.7 Å². The van der Waals surface area contributed by atoms with E-state index < -0.39 is 0 Å². The van der Waals surface area contributed by atoms with Crippen molar-refractivity contribution in [2.24, 2.45) is 0 Å². The number of hydrogen-bond donors (Lipinski definition) is 0. The van der Waals surface area contributed by atoms with E-state index in [2.05, 4.69) is 16.1 Å². The largest absolute Gasteiger partial charge is 0.493 e. The van der Waals surface area contributed by atoms with Crippen molar-refractivity contribution >= 4 is 17.7 Å². The molecule has 0 aliphatic carbocycles. The van der Waals surface area contributed by atoms with Crippen LogP contribution in [0.5, 0.6) is 11.5 Å². The molecule has 0 radical (unpaired) electrons. The molecule has 2 aromatic carbocycles. The molecular weight excluding hydrogens is 450 g/mol. The highest BCUT2D eigenvalue weighted by atomic mass is 32.2. The van der Waals surface area contributed by atoms with Gasteiger partial charge in [0.2, 0.25) is 0 Å². The SMILES string of the molecule is COc1ccc(CN2CCN(C(=O)c3ccccc3SCc3c(C)noc3C)CC2)cc1OC. The molecule has 180 valence electrons. The van der Waals surface area contributed by atoms with E-state index in [9.17, 15) is 4.79 Å². The number of thioether (sulfide) groups is 1. The molecule has 0 atom stereocenters. The van der Waals surface area contributed by atoms with Crippen molar-refractivity contribution in [3.63, 3.8) is 0 Å². The maximum absolute atomic E-state index is 13.4. The van der Waals surface area contributed by atoms with E-state index >= 15 is 0 Å². The molecular formula is C26H31N3O4S. The molecule has 1 aromatic heterocycles. The number of rotatable bonds is 8. The van der Waals surface area contributed by atoms with Gasteiger partial charge in [-0.2, -0.15) is 0 Å². The third-order valence-corrected chi connectivity index (χ3v) is 7.28. The summed E-state index contributed by atoms with van der Waals surface area (Å²) in [6, 6.07) is 13.9. The Morgan fingerprint density at radius 2 is 1.76 bits per heavy atom. The minimum absolute atomic E-state index is 0.0904. The van der Waals surface area contributed by atoms with Gasteiger partial charge in [0.15, 0.2) is 11.5 Å². The first kappa shape index (κ1) is 24.2. The second-order valence-corrected chi connectivity index (χ2v) is 9.36. The summed E-state index contributed by atoms with van der Waals surface area (Å²) in [6.45, 7) is 7.75. The van der Waals surface area contributed by atoms with Crippen molar-refractivity contribution in [3.05, 3.63) is 70.6 Å². The summed E-state index contributed by atoms with van der Waals surface area (Å²) in [5.41, 5.74) is 3.92. The van der Waals surface area contributed by atoms with E-state index in [0.29, 0.717) is 13.1 Å². The Hall–Kier alpha value is -2.97. The lowest BCUT2D eigenvalue weighted by Gasteiger charge is -2.35. The normalized spacial score (nSPS) is 14.3. The number of methoxy groups -OCH3 is 2. The van der Waals surface area contributed by atoms with Crippen molar-refractivity contribution < 1.29 is 18.8 Å². The van der Waals surface area contributed by atoms with E-state index in [4.69, 9.17) is 14.0 Å². The molecule has 3 aromatic rings. The fourth-order valence-electron chi connectivity index (χ4n) is 4.14. The number of benzene rings is 2. The highest BCUT2D eigenvalue weighted by Crippen LogP contribution is 2.30. The molecule has 0 bridgehead atoms.